The first-order valence-corrected chi connectivity index (χ1v) is 15.0. The lowest BCUT2D eigenvalue weighted by Gasteiger charge is -2.61. The van der Waals surface area contributed by atoms with Crippen LogP contribution in [0.1, 0.15) is 65.6 Å². The Bertz CT molecular complexity index is 1700. The van der Waals surface area contributed by atoms with Gasteiger partial charge in [0, 0.05) is 30.5 Å². The summed E-state index contributed by atoms with van der Waals surface area (Å²) >= 11 is 6.99. The average molecular weight is 606 g/mol. The van der Waals surface area contributed by atoms with Crippen molar-refractivity contribution in [2.24, 2.45) is 13.0 Å². The van der Waals surface area contributed by atoms with Crippen LogP contribution < -0.4 is 4.74 Å². The number of ether oxygens (including phenoxy) is 3. The van der Waals surface area contributed by atoms with Gasteiger partial charge in [-0.05, 0) is 74.3 Å². The molecule has 4 aromatic rings. The van der Waals surface area contributed by atoms with Gasteiger partial charge in [0.25, 0.3) is 0 Å². The molecule has 0 atom stereocenters. The number of carbonyl (C=O) groups excluding carboxylic acids is 1. The lowest BCUT2D eigenvalue weighted by molar-refractivity contribution is -0.141. The van der Waals surface area contributed by atoms with Crippen molar-refractivity contribution in [1.82, 2.24) is 14.3 Å². The van der Waals surface area contributed by atoms with Crippen molar-refractivity contribution in [2.45, 2.75) is 64.7 Å². The molecule has 43 heavy (non-hydrogen) atoms. The molecule has 0 saturated heterocycles. The molecular formula is C33H36ClN3O6. The monoisotopic (exact) mass is 605 g/mol. The van der Waals surface area contributed by atoms with E-state index in [0.29, 0.717) is 36.6 Å². The number of aromatic carboxylic acids is 1. The van der Waals surface area contributed by atoms with Gasteiger partial charge in [0.15, 0.2) is 0 Å². The number of carboxylic acid groups (broad SMARTS) is 1. The van der Waals surface area contributed by atoms with Crippen molar-refractivity contribution >= 4 is 34.4 Å². The third-order valence-electron chi connectivity index (χ3n) is 9.02. The molecule has 0 unspecified atom stereocenters. The first kappa shape index (κ1) is 29.3. The molecule has 3 saturated carbocycles. The molecule has 3 fully saturated rings. The number of hydrogen-bond donors (Lipinski definition) is 1. The molecule has 0 radical (unpaired) electrons. The number of aromatic nitrogens is 3. The number of esters is 1. The van der Waals surface area contributed by atoms with Gasteiger partial charge in [-0.15, -0.1) is 0 Å². The Kier molecular flexibility index (Phi) is 7.73. The molecule has 3 aliphatic carbocycles. The SMILES string of the molecule is COc1ccc(COCc2c(-c3c(Cl)ccc4c(CCCOC(C)=O)c(C(=O)O)n(C)c34)c(C)nn2C23CC(C2)C3)cc1. The van der Waals surface area contributed by atoms with Crippen LogP contribution >= 0.6 is 11.6 Å². The minimum absolute atomic E-state index is 0.00909. The summed E-state index contributed by atoms with van der Waals surface area (Å²) in [5, 5.41) is 16.7. The Morgan fingerprint density at radius 2 is 1.81 bits per heavy atom. The van der Waals surface area contributed by atoms with Crippen LogP contribution in [0.25, 0.3) is 22.0 Å². The molecule has 0 spiro atoms. The molecule has 2 aromatic heterocycles. The van der Waals surface area contributed by atoms with Crippen molar-refractivity contribution in [3.05, 3.63) is 69.6 Å². The summed E-state index contributed by atoms with van der Waals surface area (Å²) in [6.07, 6.45) is 4.26. The van der Waals surface area contributed by atoms with Gasteiger partial charge in [-0.1, -0.05) is 29.8 Å². The topological polar surface area (TPSA) is 105 Å². The van der Waals surface area contributed by atoms with Crippen molar-refractivity contribution in [3.8, 4) is 16.9 Å². The van der Waals surface area contributed by atoms with Crippen LogP contribution in [0.4, 0.5) is 0 Å². The highest BCUT2D eigenvalue weighted by atomic mass is 35.5. The van der Waals surface area contributed by atoms with Crippen LogP contribution in [0.5, 0.6) is 5.75 Å². The molecule has 9 nitrogen and oxygen atoms in total. The second-order valence-electron chi connectivity index (χ2n) is 11.8. The molecule has 10 heteroatoms. The van der Waals surface area contributed by atoms with E-state index in [4.69, 9.17) is 30.9 Å². The lowest BCUT2D eigenvalue weighted by atomic mass is 9.50. The number of methoxy groups -OCH3 is 1. The Labute approximate surface area is 255 Å². The quantitative estimate of drug-likeness (QED) is 0.146. The highest BCUT2D eigenvalue weighted by Gasteiger charge is 2.59. The zero-order chi connectivity index (χ0) is 30.5. The number of rotatable bonds is 12. The number of fused-ring (bicyclic) bond motifs is 1. The molecule has 1 N–H and O–H groups in total. The van der Waals surface area contributed by atoms with Crippen molar-refractivity contribution in [3.63, 3.8) is 0 Å². The summed E-state index contributed by atoms with van der Waals surface area (Å²) in [6.45, 7) is 4.31. The third kappa shape index (κ3) is 5.08. The Morgan fingerprint density at radius 3 is 2.42 bits per heavy atom. The van der Waals surface area contributed by atoms with Crippen LogP contribution in [-0.4, -0.2) is 45.1 Å². The fourth-order valence-electron chi connectivity index (χ4n) is 6.93. The molecule has 0 amide bonds. The fraction of sp³-hybridized carbons (Fsp3) is 0.424. The molecule has 0 aliphatic heterocycles. The smallest absolute Gasteiger partial charge is 0.352 e. The normalized spacial score (nSPS) is 18.8. The number of carbonyl (C=O) groups is 2. The van der Waals surface area contributed by atoms with Gasteiger partial charge in [-0.25, -0.2) is 4.79 Å². The molecule has 2 bridgehead atoms. The summed E-state index contributed by atoms with van der Waals surface area (Å²) < 4.78 is 20.6. The van der Waals surface area contributed by atoms with E-state index in [9.17, 15) is 14.7 Å². The zero-order valence-electron chi connectivity index (χ0n) is 24.9. The highest BCUT2D eigenvalue weighted by molar-refractivity contribution is 6.35. The maximum Gasteiger partial charge on any atom is 0.352 e. The van der Waals surface area contributed by atoms with Gasteiger partial charge in [-0.3, -0.25) is 9.48 Å². The minimum Gasteiger partial charge on any atom is -0.497 e. The van der Waals surface area contributed by atoms with Gasteiger partial charge >= 0.3 is 11.9 Å². The van der Waals surface area contributed by atoms with E-state index in [1.165, 1.54) is 6.92 Å². The number of aryl methyl sites for hydroxylation is 3. The molecule has 2 aromatic carbocycles. The summed E-state index contributed by atoms with van der Waals surface area (Å²) in [5.74, 6) is 0.171. The third-order valence-corrected chi connectivity index (χ3v) is 9.33. The number of benzene rings is 2. The predicted molar refractivity (Wildman–Crippen MR) is 163 cm³/mol. The number of nitrogens with zero attached hydrogens (tertiary/aromatic N) is 3. The summed E-state index contributed by atoms with van der Waals surface area (Å²) in [5.41, 5.74) is 6.10. The van der Waals surface area contributed by atoms with Crippen LogP contribution in [0.2, 0.25) is 5.02 Å². The second-order valence-corrected chi connectivity index (χ2v) is 12.2. The van der Waals surface area contributed by atoms with E-state index >= 15 is 0 Å². The first-order chi connectivity index (χ1) is 20.6. The van der Waals surface area contributed by atoms with Crippen molar-refractivity contribution in [1.29, 1.82) is 0 Å². The maximum atomic E-state index is 12.5. The molecule has 2 heterocycles. The fourth-order valence-corrected chi connectivity index (χ4v) is 7.18. The maximum absolute atomic E-state index is 12.5. The van der Waals surface area contributed by atoms with Crippen LogP contribution in [0.15, 0.2) is 36.4 Å². The van der Waals surface area contributed by atoms with E-state index in [-0.39, 0.29) is 23.8 Å². The number of hydrogen-bond acceptors (Lipinski definition) is 6. The van der Waals surface area contributed by atoms with Gasteiger partial charge in [-0.2, -0.15) is 5.10 Å². The first-order valence-electron chi connectivity index (χ1n) is 14.6. The highest BCUT2D eigenvalue weighted by Crippen LogP contribution is 2.63. The number of halogens is 1. The molecule has 3 aliphatic rings. The van der Waals surface area contributed by atoms with Crippen LogP contribution in [0.3, 0.4) is 0 Å². The Balaban J connectivity index is 1.43. The summed E-state index contributed by atoms with van der Waals surface area (Å²) in [4.78, 5) is 23.8. The Hall–Kier alpha value is -3.82. The van der Waals surface area contributed by atoms with Crippen LogP contribution in [-0.2, 0) is 46.5 Å². The number of carboxylic acids is 1. The summed E-state index contributed by atoms with van der Waals surface area (Å²) in [6, 6.07) is 11.5. The molecule has 226 valence electrons. The van der Waals surface area contributed by atoms with Gasteiger partial charge < -0.3 is 23.9 Å². The van der Waals surface area contributed by atoms with E-state index in [1.54, 1.807) is 18.7 Å². The Morgan fingerprint density at radius 1 is 1.09 bits per heavy atom. The molecule has 7 rings (SSSR count). The van der Waals surface area contributed by atoms with Gasteiger partial charge in [0.2, 0.25) is 0 Å². The lowest BCUT2D eigenvalue weighted by Crippen LogP contribution is -2.60. The van der Waals surface area contributed by atoms with E-state index < -0.39 is 5.97 Å². The zero-order valence-corrected chi connectivity index (χ0v) is 25.7. The van der Waals surface area contributed by atoms with E-state index in [0.717, 1.165) is 69.9 Å². The predicted octanol–water partition coefficient (Wildman–Crippen LogP) is 6.43. The standard InChI is InChI=1S/C33H36ClN3O6/c1-19-28(27(37(35-19)33-14-22(15-33)16-33)18-42-17-21-7-9-23(41-4)10-8-21)29-26(34)12-11-25-24(6-5-13-43-20(2)38)31(32(39)40)36(3)30(25)29/h7-12,22H,5-6,13-18H2,1-4H3,(H,39,40). The van der Waals surface area contributed by atoms with Crippen LogP contribution in [0, 0.1) is 12.8 Å². The largest absolute Gasteiger partial charge is 0.497 e. The van der Waals surface area contributed by atoms with Crippen molar-refractivity contribution in [2.75, 3.05) is 13.7 Å². The van der Waals surface area contributed by atoms with E-state index in [1.807, 2.05) is 43.3 Å². The van der Waals surface area contributed by atoms with Gasteiger partial charge in [0.05, 0.1) is 54.4 Å². The van der Waals surface area contributed by atoms with Crippen molar-refractivity contribution < 1.29 is 28.9 Å². The molecular weight excluding hydrogens is 570 g/mol. The minimum atomic E-state index is -1.02. The second kappa shape index (κ2) is 11.4. The van der Waals surface area contributed by atoms with Gasteiger partial charge in [0.1, 0.15) is 11.4 Å². The average Bonchev–Trinajstić information content (AvgIpc) is 3.38. The summed E-state index contributed by atoms with van der Waals surface area (Å²) in [7, 11) is 3.41. The van der Waals surface area contributed by atoms with E-state index in [2.05, 4.69) is 4.68 Å².